The normalized spacial score (nSPS) is 20.4. The van der Waals surface area contributed by atoms with E-state index in [1.165, 1.54) is 6.07 Å². The molecule has 0 saturated carbocycles. The van der Waals surface area contributed by atoms with E-state index in [9.17, 15) is 15.2 Å². The van der Waals surface area contributed by atoms with E-state index in [0.29, 0.717) is 23.2 Å². The first kappa shape index (κ1) is 14.8. The molecule has 0 spiro atoms. The maximum absolute atomic E-state index is 11.3. The first-order valence-electron chi connectivity index (χ1n) is 7.15. The maximum Gasteiger partial charge on any atom is 0.292 e. The number of aliphatic hydroxyl groups is 1. The molecule has 1 aliphatic rings. The van der Waals surface area contributed by atoms with Crippen LogP contribution in [0.25, 0.3) is 0 Å². The second-order valence-electron chi connectivity index (χ2n) is 5.83. The van der Waals surface area contributed by atoms with Gasteiger partial charge in [-0.15, -0.1) is 0 Å². The van der Waals surface area contributed by atoms with Gasteiger partial charge in [0.1, 0.15) is 5.69 Å². The Balaban J connectivity index is 2.43. The van der Waals surface area contributed by atoms with Gasteiger partial charge in [0.25, 0.3) is 5.69 Å². The van der Waals surface area contributed by atoms with E-state index in [1.54, 1.807) is 19.1 Å². The molecule has 110 valence electrons. The monoisotopic (exact) mass is 278 g/mol. The van der Waals surface area contributed by atoms with E-state index >= 15 is 0 Å². The van der Waals surface area contributed by atoms with Crippen LogP contribution in [0.5, 0.6) is 0 Å². The Hall–Kier alpha value is -1.62. The minimum Gasteiger partial charge on any atom is -0.389 e. The van der Waals surface area contributed by atoms with Gasteiger partial charge < -0.3 is 10.0 Å². The number of aliphatic hydroxyl groups excluding tert-OH is 1. The summed E-state index contributed by atoms with van der Waals surface area (Å²) >= 11 is 0. The van der Waals surface area contributed by atoms with Gasteiger partial charge in [0.2, 0.25) is 0 Å². The zero-order chi connectivity index (χ0) is 14.9. The van der Waals surface area contributed by atoms with E-state index in [0.717, 1.165) is 19.4 Å². The van der Waals surface area contributed by atoms with Gasteiger partial charge >= 0.3 is 0 Å². The molecule has 2 atom stereocenters. The fourth-order valence-corrected chi connectivity index (χ4v) is 2.97. The molecule has 1 heterocycles. The Labute approximate surface area is 119 Å². The van der Waals surface area contributed by atoms with Gasteiger partial charge in [-0.3, -0.25) is 10.1 Å². The average Bonchev–Trinajstić information content (AvgIpc) is 2.86. The number of rotatable bonds is 4. The summed E-state index contributed by atoms with van der Waals surface area (Å²) in [4.78, 5) is 13.1. The third-order valence-corrected chi connectivity index (χ3v) is 4.06. The molecule has 0 amide bonds. The number of benzene rings is 1. The lowest BCUT2D eigenvalue weighted by molar-refractivity contribution is -0.384. The Morgan fingerprint density at radius 3 is 2.65 bits per heavy atom. The van der Waals surface area contributed by atoms with Crippen LogP contribution in [0.3, 0.4) is 0 Å². The van der Waals surface area contributed by atoms with Crippen molar-refractivity contribution in [1.29, 1.82) is 0 Å². The predicted molar refractivity (Wildman–Crippen MR) is 78.9 cm³/mol. The molecule has 2 rings (SSSR count). The van der Waals surface area contributed by atoms with Crippen LogP contribution in [0, 0.1) is 16.0 Å². The topological polar surface area (TPSA) is 66.6 Å². The number of nitro groups is 1. The van der Waals surface area contributed by atoms with Gasteiger partial charge in [0.15, 0.2) is 0 Å². The van der Waals surface area contributed by atoms with Gasteiger partial charge in [0.05, 0.1) is 11.0 Å². The van der Waals surface area contributed by atoms with Crippen molar-refractivity contribution < 1.29 is 10.0 Å². The van der Waals surface area contributed by atoms with Crippen LogP contribution in [-0.4, -0.2) is 22.6 Å². The van der Waals surface area contributed by atoms with Crippen LogP contribution >= 0.6 is 0 Å². The molecule has 0 aliphatic carbocycles. The molecule has 0 bridgehead atoms. The van der Waals surface area contributed by atoms with Gasteiger partial charge in [-0.1, -0.05) is 19.9 Å². The van der Waals surface area contributed by atoms with Crippen LogP contribution in [-0.2, 0) is 0 Å². The number of anilines is 1. The van der Waals surface area contributed by atoms with Crippen molar-refractivity contribution >= 4 is 11.4 Å². The molecule has 5 nitrogen and oxygen atoms in total. The quantitative estimate of drug-likeness (QED) is 0.678. The van der Waals surface area contributed by atoms with E-state index in [2.05, 4.69) is 18.7 Å². The molecule has 1 N–H and O–H groups in total. The smallest absolute Gasteiger partial charge is 0.292 e. The van der Waals surface area contributed by atoms with Crippen molar-refractivity contribution in [2.75, 3.05) is 11.4 Å². The highest BCUT2D eigenvalue weighted by Crippen LogP contribution is 2.37. The Morgan fingerprint density at radius 1 is 1.40 bits per heavy atom. The van der Waals surface area contributed by atoms with Gasteiger partial charge in [-0.25, -0.2) is 0 Å². The highest BCUT2D eigenvalue weighted by Gasteiger charge is 2.31. The fraction of sp³-hybridized carbons (Fsp3) is 0.600. The Kier molecular flexibility index (Phi) is 4.28. The van der Waals surface area contributed by atoms with Crippen LogP contribution in [0.1, 0.15) is 45.3 Å². The molecular weight excluding hydrogens is 256 g/mol. The van der Waals surface area contributed by atoms with Crippen LogP contribution in [0.2, 0.25) is 0 Å². The molecule has 1 unspecified atom stereocenters. The molecule has 20 heavy (non-hydrogen) atoms. The van der Waals surface area contributed by atoms with Crippen LogP contribution in [0.4, 0.5) is 11.4 Å². The number of nitrogens with zero attached hydrogens (tertiary/aromatic N) is 2. The predicted octanol–water partition coefficient (Wildman–Crippen LogP) is 3.27. The molecule has 1 aliphatic heterocycles. The summed E-state index contributed by atoms with van der Waals surface area (Å²) in [6, 6.07) is 5.41. The van der Waals surface area contributed by atoms with Crippen LogP contribution in [0.15, 0.2) is 18.2 Å². The zero-order valence-electron chi connectivity index (χ0n) is 12.2. The second-order valence-corrected chi connectivity index (χ2v) is 5.83. The maximum atomic E-state index is 11.3. The zero-order valence-corrected chi connectivity index (χ0v) is 12.2. The van der Waals surface area contributed by atoms with Crippen molar-refractivity contribution in [3.63, 3.8) is 0 Å². The van der Waals surface area contributed by atoms with E-state index in [1.807, 2.05) is 0 Å². The van der Waals surface area contributed by atoms with Crippen molar-refractivity contribution in [1.82, 2.24) is 0 Å². The molecular formula is C15H22N2O3. The van der Waals surface area contributed by atoms with Crippen molar-refractivity contribution in [2.24, 2.45) is 5.92 Å². The standard InChI is InChI=1S/C15H22N2O3/c1-10(2)13-5-4-8-16(13)14-7-6-12(11(3)18)9-15(14)17(19)20/h6-7,9-11,13,18H,4-5,8H2,1-3H3/t11-,13?/m1/s1. The third kappa shape index (κ3) is 2.77. The summed E-state index contributed by atoms with van der Waals surface area (Å²) in [6.07, 6.45) is 1.45. The first-order chi connectivity index (χ1) is 9.41. The fourth-order valence-electron chi connectivity index (χ4n) is 2.97. The minimum atomic E-state index is -0.692. The molecule has 1 saturated heterocycles. The summed E-state index contributed by atoms with van der Waals surface area (Å²) in [7, 11) is 0. The third-order valence-electron chi connectivity index (χ3n) is 4.06. The lowest BCUT2D eigenvalue weighted by atomic mass is 10.0. The summed E-state index contributed by atoms with van der Waals surface area (Å²) in [5.41, 5.74) is 1.35. The molecule has 5 heteroatoms. The van der Waals surface area contributed by atoms with Crippen molar-refractivity contribution in [3.8, 4) is 0 Å². The summed E-state index contributed by atoms with van der Waals surface area (Å²) in [6.45, 7) is 6.78. The molecule has 1 aromatic carbocycles. The molecule has 1 fully saturated rings. The lowest BCUT2D eigenvalue weighted by Gasteiger charge is -2.29. The highest BCUT2D eigenvalue weighted by atomic mass is 16.6. The molecule has 1 aromatic rings. The lowest BCUT2D eigenvalue weighted by Crippen LogP contribution is -2.33. The summed E-state index contributed by atoms with van der Waals surface area (Å²) in [5.74, 6) is 0.466. The minimum absolute atomic E-state index is 0.0935. The van der Waals surface area contributed by atoms with E-state index in [4.69, 9.17) is 0 Å². The van der Waals surface area contributed by atoms with E-state index < -0.39 is 6.10 Å². The summed E-state index contributed by atoms with van der Waals surface area (Å²) < 4.78 is 0. The summed E-state index contributed by atoms with van der Waals surface area (Å²) in [5, 5.41) is 20.9. The molecule has 0 aromatic heterocycles. The number of hydrogen-bond acceptors (Lipinski definition) is 4. The second kappa shape index (κ2) is 5.79. The Bertz CT molecular complexity index is 500. The SMILES string of the molecule is CC(C)C1CCCN1c1ccc([C@@H](C)O)cc1[N+](=O)[O-]. The Morgan fingerprint density at radius 2 is 2.10 bits per heavy atom. The number of nitro benzene ring substituents is 1. The molecule has 0 radical (unpaired) electrons. The van der Waals surface area contributed by atoms with Crippen molar-refractivity contribution in [3.05, 3.63) is 33.9 Å². The largest absolute Gasteiger partial charge is 0.389 e. The van der Waals surface area contributed by atoms with Crippen molar-refractivity contribution in [2.45, 2.75) is 45.8 Å². The van der Waals surface area contributed by atoms with Crippen LogP contribution < -0.4 is 4.90 Å². The highest BCUT2D eigenvalue weighted by molar-refractivity contribution is 5.65. The average molecular weight is 278 g/mol. The first-order valence-corrected chi connectivity index (χ1v) is 7.15. The van der Waals surface area contributed by atoms with Gasteiger partial charge in [-0.05, 0) is 37.3 Å². The van der Waals surface area contributed by atoms with E-state index in [-0.39, 0.29) is 10.6 Å². The van der Waals surface area contributed by atoms with Gasteiger partial charge in [-0.2, -0.15) is 0 Å². The van der Waals surface area contributed by atoms with Gasteiger partial charge in [0, 0.05) is 18.7 Å². The number of hydrogen-bond donors (Lipinski definition) is 1.